The lowest BCUT2D eigenvalue weighted by Gasteiger charge is -2.08. The number of aromatic nitrogens is 1. The lowest BCUT2D eigenvalue weighted by molar-refractivity contribution is -0.123. The van der Waals surface area contributed by atoms with E-state index >= 15 is 0 Å². The first-order valence-electron chi connectivity index (χ1n) is 8.20. The van der Waals surface area contributed by atoms with Gasteiger partial charge in [0.15, 0.2) is 0 Å². The summed E-state index contributed by atoms with van der Waals surface area (Å²) < 4.78 is 9.95. The van der Waals surface area contributed by atoms with E-state index in [1.54, 1.807) is 27.7 Å². The van der Waals surface area contributed by atoms with Crippen molar-refractivity contribution in [2.45, 2.75) is 27.7 Å². The number of esters is 1. The SMILES string of the molecule is COCCOC(=O)c1c(C)[nH]c(C(=O)NCCNC(=O)C(C)C)c1C. The smallest absolute Gasteiger partial charge is 0.340 e. The summed E-state index contributed by atoms with van der Waals surface area (Å²) in [6, 6.07) is 0. The molecule has 0 aliphatic rings. The number of hydrogen-bond acceptors (Lipinski definition) is 5. The number of carbonyl (C=O) groups excluding carboxylic acids is 3. The molecule has 1 aromatic heterocycles. The topological polar surface area (TPSA) is 110 Å². The number of nitrogens with one attached hydrogen (secondary N) is 3. The molecule has 3 N–H and O–H groups in total. The van der Waals surface area contributed by atoms with Crippen molar-refractivity contribution in [3.8, 4) is 0 Å². The third-order valence-corrected chi connectivity index (χ3v) is 3.62. The van der Waals surface area contributed by atoms with Gasteiger partial charge in [-0.1, -0.05) is 13.8 Å². The normalized spacial score (nSPS) is 10.6. The van der Waals surface area contributed by atoms with Gasteiger partial charge in [0.25, 0.3) is 5.91 Å². The zero-order valence-corrected chi connectivity index (χ0v) is 15.4. The lowest BCUT2D eigenvalue weighted by atomic mass is 10.1. The monoisotopic (exact) mass is 353 g/mol. The van der Waals surface area contributed by atoms with E-state index in [1.165, 1.54) is 7.11 Å². The predicted octanol–water partition coefficient (Wildman–Crippen LogP) is 0.937. The average Bonchev–Trinajstić information content (AvgIpc) is 2.85. The summed E-state index contributed by atoms with van der Waals surface area (Å²) in [5.41, 5.74) is 1.77. The highest BCUT2D eigenvalue weighted by Crippen LogP contribution is 2.19. The molecule has 2 amide bonds. The van der Waals surface area contributed by atoms with Crippen LogP contribution in [0, 0.1) is 19.8 Å². The molecule has 0 aliphatic heterocycles. The predicted molar refractivity (Wildman–Crippen MR) is 92.6 cm³/mol. The van der Waals surface area contributed by atoms with Gasteiger partial charge in [-0.3, -0.25) is 9.59 Å². The van der Waals surface area contributed by atoms with Crippen LogP contribution in [0.2, 0.25) is 0 Å². The maximum atomic E-state index is 12.3. The fourth-order valence-electron chi connectivity index (χ4n) is 2.23. The second kappa shape index (κ2) is 9.83. The second-order valence-electron chi connectivity index (χ2n) is 5.96. The molecule has 0 radical (unpaired) electrons. The maximum absolute atomic E-state index is 12.3. The van der Waals surface area contributed by atoms with Crippen LogP contribution in [0.5, 0.6) is 0 Å². The Morgan fingerprint density at radius 1 is 1.08 bits per heavy atom. The molecule has 8 heteroatoms. The van der Waals surface area contributed by atoms with Crippen molar-refractivity contribution >= 4 is 17.8 Å². The molecule has 1 rings (SSSR count). The molecular formula is C17H27N3O5. The van der Waals surface area contributed by atoms with E-state index < -0.39 is 5.97 Å². The van der Waals surface area contributed by atoms with Gasteiger partial charge >= 0.3 is 5.97 Å². The van der Waals surface area contributed by atoms with E-state index in [9.17, 15) is 14.4 Å². The fourth-order valence-corrected chi connectivity index (χ4v) is 2.23. The van der Waals surface area contributed by atoms with Gasteiger partial charge in [0.05, 0.1) is 12.2 Å². The first-order chi connectivity index (χ1) is 11.8. The molecule has 0 aromatic carbocycles. The molecule has 25 heavy (non-hydrogen) atoms. The summed E-state index contributed by atoms with van der Waals surface area (Å²) in [7, 11) is 1.52. The van der Waals surface area contributed by atoms with E-state index in [0.29, 0.717) is 42.2 Å². The van der Waals surface area contributed by atoms with Gasteiger partial charge in [0.1, 0.15) is 12.3 Å². The summed E-state index contributed by atoms with van der Waals surface area (Å²) in [6.07, 6.45) is 0. The molecule has 8 nitrogen and oxygen atoms in total. The number of hydrogen-bond donors (Lipinski definition) is 3. The third kappa shape index (κ3) is 5.90. The van der Waals surface area contributed by atoms with Gasteiger partial charge in [-0.2, -0.15) is 0 Å². The number of carbonyl (C=O) groups is 3. The molecule has 1 heterocycles. The molecule has 0 unspecified atom stereocenters. The summed E-state index contributed by atoms with van der Waals surface area (Å²) in [6.45, 7) is 8.08. The zero-order chi connectivity index (χ0) is 19.0. The number of ether oxygens (including phenoxy) is 2. The standard InChI is InChI=1S/C17H27N3O5/c1-10(2)15(21)18-6-7-19-16(22)14-11(3)13(12(4)20-14)17(23)25-9-8-24-5/h10,20H,6-9H2,1-5H3,(H,18,21)(H,19,22). The van der Waals surface area contributed by atoms with E-state index in [4.69, 9.17) is 9.47 Å². The van der Waals surface area contributed by atoms with Crippen LogP contribution in [0.15, 0.2) is 0 Å². The van der Waals surface area contributed by atoms with Crippen LogP contribution in [0.1, 0.15) is 46.0 Å². The van der Waals surface area contributed by atoms with Gasteiger partial charge in [0, 0.05) is 31.8 Å². The minimum atomic E-state index is -0.494. The van der Waals surface area contributed by atoms with E-state index in [-0.39, 0.29) is 24.3 Å². The summed E-state index contributed by atoms with van der Waals surface area (Å²) in [4.78, 5) is 38.8. The number of methoxy groups -OCH3 is 1. The molecule has 0 atom stereocenters. The van der Waals surface area contributed by atoms with Crippen LogP contribution >= 0.6 is 0 Å². The van der Waals surface area contributed by atoms with Crippen molar-refractivity contribution in [2.24, 2.45) is 5.92 Å². The highest BCUT2D eigenvalue weighted by Gasteiger charge is 2.22. The van der Waals surface area contributed by atoms with Gasteiger partial charge in [-0.25, -0.2) is 4.79 Å². The first-order valence-corrected chi connectivity index (χ1v) is 8.20. The Morgan fingerprint density at radius 3 is 2.32 bits per heavy atom. The molecule has 0 saturated carbocycles. The number of H-pyrrole nitrogens is 1. The maximum Gasteiger partial charge on any atom is 0.340 e. The lowest BCUT2D eigenvalue weighted by Crippen LogP contribution is -2.36. The number of rotatable bonds is 9. The highest BCUT2D eigenvalue weighted by molar-refractivity contribution is 6.00. The van der Waals surface area contributed by atoms with Gasteiger partial charge < -0.3 is 25.1 Å². The Bertz CT molecular complexity index is 622. The first kappa shape index (κ1) is 20.7. The van der Waals surface area contributed by atoms with Crippen molar-refractivity contribution in [2.75, 3.05) is 33.4 Å². The van der Waals surface area contributed by atoms with Gasteiger partial charge in [-0.05, 0) is 19.4 Å². The van der Waals surface area contributed by atoms with Crippen LogP contribution in [0.4, 0.5) is 0 Å². The van der Waals surface area contributed by atoms with E-state index in [2.05, 4.69) is 15.6 Å². The van der Waals surface area contributed by atoms with Crippen LogP contribution in [-0.4, -0.2) is 56.2 Å². The quantitative estimate of drug-likeness (QED) is 0.452. The molecule has 1 aromatic rings. The average molecular weight is 353 g/mol. The Labute approximate surface area is 147 Å². The highest BCUT2D eigenvalue weighted by atomic mass is 16.6. The zero-order valence-electron chi connectivity index (χ0n) is 15.4. The van der Waals surface area contributed by atoms with Crippen LogP contribution in [0.3, 0.4) is 0 Å². The molecule has 0 bridgehead atoms. The van der Waals surface area contributed by atoms with Crippen LogP contribution < -0.4 is 10.6 Å². The minimum absolute atomic E-state index is 0.0674. The molecule has 0 fully saturated rings. The molecule has 0 saturated heterocycles. The third-order valence-electron chi connectivity index (χ3n) is 3.62. The molecule has 0 spiro atoms. The molecular weight excluding hydrogens is 326 g/mol. The molecule has 140 valence electrons. The Balaban J connectivity index is 2.63. The van der Waals surface area contributed by atoms with Crippen molar-refractivity contribution in [3.05, 3.63) is 22.5 Å². The van der Waals surface area contributed by atoms with Crippen molar-refractivity contribution in [1.29, 1.82) is 0 Å². The van der Waals surface area contributed by atoms with E-state index in [1.807, 2.05) is 0 Å². The largest absolute Gasteiger partial charge is 0.460 e. The number of aryl methyl sites for hydroxylation is 1. The van der Waals surface area contributed by atoms with Gasteiger partial charge in [-0.15, -0.1) is 0 Å². The van der Waals surface area contributed by atoms with E-state index in [0.717, 1.165) is 0 Å². The van der Waals surface area contributed by atoms with Crippen molar-refractivity contribution in [3.63, 3.8) is 0 Å². The summed E-state index contributed by atoms with van der Waals surface area (Å²) in [5, 5.41) is 5.43. The summed E-state index contributed by atoms with van der Waals surface area (Å²) >= 11 is 0. The van der Waals surface area contributed by atoms with Crippen molar-refractivity contribution in [1.82, 2.24) is 15.6 Å². The number of aromatic amines is 1. The minimum Gasteiger partial charge on any atom is -0.460 e. The van der Waals surface area contributed by atoms with Crippen LogP contribution in [0.25, 0.3) is 0 Å². The fraction of sp³-hybridized carbons (Fsp3) is 0.588. The van der Waals surface area contributed by atoms with Gasteiger partial charge in [0.2, 0.25) is 5.91 Å². The summed E-state index contributed by atoms with van der Waals surface area (Å²) in [5.74, 6) is -1.00. The van der Waals surface area contributed by atoms with Crippen molar-refractivity contribution < 1.29 is 23.9 Å². The Hall–Kier alpha value is -2.35. The molecule has 0 aliphatic carbocycles. The second-order valence-corrected chi connectivity index (χ2v) is 5.96. The Kier molecular flexibility index (Phi) is 8.13. The number of amides is 2. The Morgan fingerprint density at radius 2 is 1.72 bits per heavy atom. The van der Waals surface area contributed by atoms with Crippen LogP contribution in [-0.2, 0) is 14.3 Å².